The van der Waals surface area contributed by atoms with Crippen LogP contribution in [0, 0.1) is 5.92 Å². The van der Waals surface area contributed by atoms with Gasteiger partial charge in [0.05, 0.1) is 0 Å². The Morgan fingerprint density at radius 3 is 2.31 bits per heavy atom. The molecule has 0 atom stereocenters. The zero-order valence-corrected chi connectivity index (χ0v) is 10.4. The van der Waals surface area contributed by atoms with Crippen molar-refractivity contribution < 1.29 is 4.79 Å². The molecule has 1 aliphatic rings. The van der Waals surface area contributed by atoms with Gasteiger partial charge in [-0.2, -0.15) is 0 Å². The van der Waals surface area contributed by atoms with E-state index in [-0.39, 0.29) is 5.91 Å². The van der Waals surface area contributed by atoms with E-state index in [0.717, 1.165) is 24.6 Å². The van der Waals surface area contributed by atoms with E-state index >= 15 is 0 Å². The lowest BCUT2D eigenvalue weighted by Crippen LogP contribution is -2.49. The van der Waals surface area contributed by atoms with E-state index in [1.54, 1.807) is 0 Å². The molecule has 88 valence electrons. The van der Waals surface area contributed by atoms with Crippen LogP contribution in [0.1, 0.15) is 37.6 Å². The topological polar surface area (TPSA) is 20.3 Å². The van der Waals surface area contributed by atoms with Gasteiger partial charge in [0.25, 0.3) is 5.91 Å². The third-order valence-corrected chi connectivity index (χ3v) is 2.84. The summed E-state index contributed by atoms with van der Waals surface area (Å²) in [6.45, 7) is 8.05. The van der Waals surface area contributed by atoms with Gasteiger partial charge >= 0.3 is 0 Å². The summed E-state index contributed by atoms with van der Waals surface area (Å²) in [5.74, 6) is 0.901. The number of hydrogen-bond donors (Lipinski definition) is 0. The fourth-order valence-electron chi connectivity index (χ4n) is 1.76. The van der Waals surface area contributed by atoms with Crippen molar-refractivity contribution in [2.45, 2.75) is 27.2 Å². The molecule has 16 heavy (non-hydrogen) atoms. The van der Waals surface area contributed by atoms with Gasteiger partial charge in [0.15, 0.2) is 0 Å². The molecule has 1 amide bonds. The van der Waals surface area contributed by atoms with Crippen LogP contribution >= 0.6 is 0 Å². The predicted molar refractivity (Wildman–Crippen MR) is 67.5 cm³/mol. The summed E-state index contributed by atoms with van der Waals surface area (Å²) in [6.07, 6.45) is 1.18. The number of carbonyl (C=O) groups is 1. The van der Waals surface area contributed by atoms with Crippen molar-refractivity contribution in [2.75, 3.05) is 13.1 Å². The van der Waals surface area contributed by atoms with E-state index < -0.39 is 0 Å². The molecule has 1 fully saturated rings. The van der Waals surface area contributed by atoms with E-state index in [1.807, 2.05) is 49.1 Å². The lowest BCUT2D eigenvalue weighted by Gasteiger charge is -2.38. The van der Waals surface area contributed by atoms with E-state index in [0.29, 0.717) is 0 Å². The third-order valence-electron chi connectivity index (χ3n) is 2.84. The summed E-state index contributed by atoms with van der Waals surface area (Å²) >= 11 is 0. The molecular formula is C14H21NO. The Balaban J connectivity index is 0.000000606. The zero-order valence-electron chi connectivity index (χ0n) is 10.4. The third kappa shape index (κ3) is 2.84. The highest BCUT2D eigenvalue weighted by atomic mass is 16.2. The molecule has 1 aromatic rings. The van der Waals surface area contributed by atoms with Gasteiger partial charge in [-0.05, 0) is 24.5 Å². The Morgan fingerprint density at radius 2 is 1.81 bits per heavy atom. The maximum Gasteiger partial charge on any atom is 0.253 e. The van der Waals surface area contributed by atoms with E-state index in [9.17, 15) is 4.79 Å². The molecule has 0 spiro atoms. The van der Waals surface area contributed by atoms with Crippen molar-refractivity contribution in [1.82, 2.24) is 4.90 Å². The summed E-state index contributed by atoms with van der Waals surface area (Å²) in [4.78, 5) is 13.7. The highest BCUT2D eigenvalue weighted by molar-refractivity contribution is 5.94. The molecular weight excluding hydrogens is 198 g/mol. The highest BCUT2D eigenvalue weighted by Gasteiger charge is 2.29. The lowest BCUT2D eigenvalue weighted by atomic mass is 9.96. The van der Waals surface area contributed by atoms with Crippen LogP contribution < -0.4 is 0 Å². The van der Waals surface area contributed by atoms with Crippen LogP contribution in [-0.4, -0.2) is 23.9 Å². The minimum absolute atomic E-state index is 0.176. The second-order valence-corrected chi connectivity index (χ2v) is 3.85. The Labute approximate surface area is 98.3 Å². The Bertz CT molecular complexity index is 315. The fraction of sp³-hybridized carbons (Fsp3) is 0.500. The van der Waals surface area contributed by atoms with Gasteiger partial charge in [-0.15, -0.1) is 0 Å². The van der Waals surface area contributed by atoms with E-state index in [4.69, 9.17) is 0 Å². The minimum Gasteiger partial charge on any atom is -0.338 e. The van der Waals surface area contributed by atoms with Crippen LogP contribution in [0.2, 0.25) is 0 Å². The van der Waals surface area contributed by atoms with Gasteiger partial charge in [-0.1, -0.05) is 39.0 Å². The van der Waals surface area contributed by atoms with Crippen molar-refractivity contribution >= 4 is 5.91 Å². The predicted octanol–water partition coefficient (Wildman–Crippen LogP) is 3.19. The molecule has 2 nitrogen and oxygen atoms in total. The van der Waals surface area contributed by atoms with Crippen LogP contribution in [0.4, 0.5) is 0 Å². The van der Waals surface area contributed by atoms with Gasteiger partial charge in [-0.25, -0.2) is 0 Å². The molecule has 1 aromatic carbocycles. The quantitative estimate of drug-likeness (QED) is 0.748. The molecule has 2 heteroatoms. The molecule has 2 rings (SSSR count). The summed E-state index contributed by atoms with van der Waals surface area (Å²) < 4.78 is 0. The Hall–Kier alpha value is -1.31. The van der Waals surface area contributed by atoms with Crippen LogP contribution in [0.3, 0.4) is 0 Å². The van der Waals surface area contributed by atoms with E-state index in [1.165, 1.54) is 6.42 Å². The first kappa shape index (κ1) is 12.8. The van der Waals surface area contributed by atoms with Gasteiger partial charge in [0, 0.05) is 18.7 Å². The van der Waals surface area contributed by atoms with Crippen LogP contribution in [-0.2, 0) is 0 Å². The van der Waals surface area contributed by atoms with Crippen molar-refractivity contribution in [3.63, 3.8) is 0 Å². The molecule has 1 heterocycles. The van der Waals surface area contributed by atoms with Gasteiger partial charge in [0.2, 0.25) is 0 Å². The van der Waals surface area contributed by atoms with Crippen LogP contribution in [0.15, 0.2) is 30.3 Å². The number of likely N-dealkylation sites (tertiary alicyclic amines) is 1. The fourth-order valence-corrected chi connectivity index (χ4v) is 1.76. The number of rotatable bonds is 2. The molecule has 0 unspecified atom stereocenters. The van der Waals surface area contributed by atoms with Crippen molar-refractivity contribution in [1.29, 1.82) is 0 Å². The maximum atomic E-state index is 11.8. The normalized spacial score (nSPS) is 14.8. The van der Waals surface area contributed by atoms with Gasteiger partial charge < -0.3 is 4.90 Å². The largest absolute Gasteiger partial charge is 0.338 e. The van der Waals surface area contributed by atoms with Crippen LogP contribution in [0.5, 0.6) is 0 Å². The first-order valence-corrected chi connectivity index (χ1v) is 6.15. The average Bonchev–Trinajstić information content (AvgIpc) is 2.31. The SMILES string of the molecule is CC.CCC1CN(C(=O)c2ccccc2)C1. The molecule has 0 N–H and O–H groups in total. The molecule has 1 aliphatic heterocycles. The Morgan fingerprint density at radius 1 is 1.25 bits per heavy atom. The van der Waals surface area contributed by atoms with Crippen LogP contribution in [0.25, 0.3) is 0 Å². The summed E-state index contributed by atoms with van der Waals surface area (Å²) in [5, 5.41) is 0. The highest BCUT2D eigenvalue weighted by Crippen LogP contribution is 2.20. The van der Waals surface area contributed by atoms with Crippen molar-refractivity contribution in [2.24, 2.45) is 5.92 Å². The molecule has 1 saturated heterocycles. The monoisotopic (exact) mass is 219 g/mol. The molecule has 0 aliphatic carbocycles. The van der Waals surface area contributed by atoms with Gasteiger partial charge in [-0.3, -0.25) is 4.79 Å². The average molecular weight is 219 g/mol. The summed E-state index contributed by atoms with van der Waals surface area (Å²) in [6, 6.07) is 9.50. The summed E-state index contributed by atoms with van der Waals surface area (Å²) in [7, 11) is 0. The second kappa shape index (κ2) is 6.31. The molecule has 0 saturated carbocycles. The zero-order chi connectivity index (χ0) is 12.0. The smallest absolute Gasteiger partial charge is 0.253 e. The number of benzene rings is 1. The number of hydrogen-bond acceptors (Lipinski definition) is 1. The number of nitrogens with zero attached hydrogens (tertiary/aromatic N) is 1. The maximum absolute atomic E-state index is 11.8. The lowest BCUT2D eigenvalue weighted by molar-refractivity contribution is 0.0494. The molecule has 0 radical (unpaired) electrons. The molecule has 0 aromatic heterocycles. The van der Waals surface area contributed by atoms with Gasteiger partial charge in [0.1, 0.15) is 0 Å². The van der Waals surface area contributed by atoms with Crippen molar-refractivity contribution in [3.8, 4) is 0 Å². The first-order valence-electron chi connectivity index (χ1n) is 6.15. The van der Waals surface area contributed by atoms with E-state index in [2.05, 4.69) is 6.92 Å². The number of carbonyl (C=O) groups excluding carboxylic acids is 1. The standard InChI is InChI=1S/C12H15NO.C2H6/c1-2-10-8-13(9-10)12(14)11-6-4-3-5-7-11;1-2/h3-7,10H,2,8-9H2,1H3;1-2H3. The number of amides is 1. The molecule has 0 bridgehead atoms. The van der Waals surface area contributed by atoms with Crippen molar-refractivity contribution in [3.05, 3.63) is 35.9 Å². The summed E-state index contributed by atoms with van der Waals surface area (Å²) in [5.41, 5.74) is 0.807. The minimum atomic E-state index is 0.176. The Kier molecular flexibility index (Phi) is 5.03. The first-order chi connectivity index (χ1) is 7.81. The second-order valence-electron chi connectivity index (χ2n) is 3.85.